The van der Waals surface area contributed by atoms with Crippen LogP contribution in [0.15, 0.2) is 24.3 Å². The third kappa shape index (κ3) is 2.33. The fourth-order valence-electron chi connectivity index (χ4n) is 2.33. The first-order valence-corrected chi connectivity index (χ1v) is 5.72. The van der Waals surface area contributed by atoms with E-state index >= 15 is 0 Å². The highest BCUT2D eigenvalue weighted by Crippen LogP contribution is 2.37. The molecule has 0 saturated heterocycles. The Kier molecular flexibility index (Phi) is 3.01. The first kappa shape index (κ1) is 10.9. The zero-order valence-electron chi connectivity index (χ0n) is 8.62. The van der Waals surface area contributed by atoms with Gasteiger partial charge in [0.1, 0.15) is 0 Å². The Labute approximate surface area is 95.1 Å². The smallest absolute Gasteiger partial charge is 0.0911 e. The van der Waals surface area contributed by atoms with E-state index in [1.54, 1.807) is 0 Å². The van der Waals surface area contributed by atoms with Gasteiger partial charge in [-0.15, -0.1) is 0 Å². The van der Waals surface area contributed by atoms with E-state index in [2.05, 4.69) is 0 Å². The molecule has 1 aliphatic rings. The molecule has 1 saturated carbocycles. The van der Waals surface area contributed by atoms with Gasteiger partial charge in [-0.3, -0.25) is 0 Å². The molecular weight excluding hydrogens is 210 g/mol. The van der Waals surface area contributed by atoms with Crippen molar-refractivity contribution >= 4 is 11.6 Å². The minimum Gasteiger partial charge on any atom is -0.385 e. The number of aliphatic hydroxyl groups is 1. The van der Waals surface area contributed by atoms with Gasteiger partial charge in [-0.1, -0.05) is 23.7 Å². The van der Waals surface area contributed by atoms with Gasteiger partial charge in [-0.2, -0.15) is 0 Å². The lowest BCUT2D eigenvalue weighted by Gasteiger charge is -2.35. The molecule has 3 heteroatoms. The Morgan fingerprint density at radius 1 is 1.47 bits per heavy atom. The fourth-order valence-corrected chi connectivity index (χ4v) is 2.52. The molecule has 1 aromatic rings. The van der Waals surface area contributed by atoms with Crippen LogP contribution in [0.4, 0.5) is 0 Å². The Hall–Kier alpha value is -0.570. The highest BCUT2D eigenvalue weighted by atomic mass is 35.5. The van der Waals surface area contributed by atoms with Crippen LogP contribution in [0.2, 0.25) is 5.02 Å². The predicted octanol–water partition coefficient (Wildman–Crippen LogP) is 2.43. The second-order valence-electron chi connectivity index (χ2n) is 4.40. The standard InChI is InChI=1S/C12H16ClNO/c13-10-4-1-3-9(7-10)12(15)6-2-5-11(14)8-12/h1,3-4,7,11,15H,2,5-6,8,14H2. The van der Waals surface area contributed by atoms with E-state index in [4.69, 9.17) is 17.3 Å². The number of rotatable bonds is 1. The van der Waals surface area contributed by atoms with Crippen LogP contribution in [0, 0.1) is 0 Å². The lowest BCUT2D eigenvalue weighted by molar-refractivity contribution is -0.00715. The van der Waals surface area contributed by atoms with Gasteiger partial charge < -0.3 is 10.8 Å². The van der Waals surface area contributed by atoms with Crippen molar-refractivity contribution in [1.82, 2.24) is 0 Å². The summed E-state index contributed by atoms with van der Waals surface area (Å²) in [4.78, 5) is 0. The minimum absolute atomic E-state index is 0.0998. The molecule has 2 unspecified atom stereocenters. The van der Waals surface area contributed by atoms with Gasteiger partial charge in [0.05, 0.1) is 5.60 Å². The summed E-state index contributed by atoms with van der Waals surface area (Å²) < 4.78 is 0. The SMILES string of the molecule is NC1CCCC(O)(c2cccc(Cl)c2)C1. The molecule has 0 bridgehead atoms. The first-order chi connectivity index (χ1) is 7.10. The predicted molar refractivity (Wildman–Crippen MR) is 61.8 cm³/mol. The molecule has 0 radical (unpaired) electrons. The van der Waals surface area contributed by atoms with Crippen molar-refractivity contribution in [3.05, 3.63) is 34.9 Å². The molecule has 15 heavy (non-hydrogen) atoms. The lowest BCUT2D eigenvalue weighted by Crippen LogP contribution is -2.39. The van der Waals surface area contributed by atoms with Crippen LogP contribution in [-0.2, 0) is 5.60 Å². The quantitative estimate of drug-likeness (QED) is 0.771. The maximum absolute atomic E-state index is 10.5. The van der Waals surface area contributed by atoms with Crippen molar-refractivity contribution in [3.63, 3.8) is 0 Å². The maximum Gasteiger partial charge on any atom is 0.0911 e. The average Bonchev–Trinajstić information content (AvgIpc) is 2.17. The number of hydrogen-bond acceptors (Lipinski definition) is 2. The van der Waals surface area contributed by atoms with E-state index in [0.29, 0.717) is 11.4 Å². The van der Waals surface area contributed by atoms with Crippen molar-refractivity contribution in [2.24, 2.45) is 5.73 Å². The summed E-state index contributed by atoms with van der Waals surface area (Å²) in [5, 5.41) is 11.2. The fraction of sp³-hybridized carbons (Fsp3) is 0.500. The number of halogens is 1. The number of hydrogen-bond donors (Lipinski definition) is 2. The largest absolute Gasteiger partial charge is 0.385 e. The van der Waals surface area contributed by atoms with Gasteiger partial charge in [-0.05, 0) is 43.4 Å². The number of nitrogens with two attached hydrogens (primary N) is 1. The molecule has 3 N–H and O–H groups in total. The van der Waals surface area contributed by atoms with Crippen LogP contribution in [0.1, 0.15) is 31.2 Å². The third-order valence-corrected chi connectivity index (χ3v) is 3.36. The van der Waals surface area contributed by atoms with Crippen LogP contribution in [0.25, 0.3) is 0 Å². The van der Waals surface area contributed by atoms with Gasteiger partial charge in [0, 0.05) is 11.1 Å². The third-order valence-electron chi connectivity index (χ3n) is 3.13. The summed E-state index contributed by atoms with van der Waals surface area (Å²) >= 11 is 5.92. The molecule has 1 aromatic carbocycles. The van der Waals surface area contributed by atoms with Gasteiger partial charge in [-0.25, -0.2) is 0 Å². The molecule has 2 nitrogen and oxygen atoms in total. The van der Waals surface area contributed by atoms with Crippen LogP contribution in [-0.4, -0.2) is 11.1 Å². The van der Waals surface area contributed by atoms with Gasteiger partial charge in [0.25, 0.3) is 0 Å². The lowest BCUT2D eigenvalue weighted by atomic mass is 9.78. The zero-order chi connectivity index (χ0) is 10.9. The molecule has 0 heterocycles. The first-order valence-electron chi connectivity index (χ1n) is 5.34. The maximum atomic E-state index is 10.5. The molecule has 0 aliphatic heterocycles. The summed E-state index contributed by atoms with van der Waals surface area (Å²) in [5.74, 6) is 0. The van der Waals surface area contributed by atoms with Crippen molar-refractivity contribution in [1.29, 1.82) is 0 Å². The number of benzene rings is 1. The van der Waals surface area contributed by atoms with Crippen molar-refractivity contribution in [3.8, 4) is 0 Å². The van der Waals surface area contributed by atoms with Crippen LogP contribution >= 0.6 is 11.6 Å². The summed E-state index contributed by atoms with van der Waals surface area (Å²) in [6, 6.07) is 7.54. The Morgan fingerprint density at radius 3 is 2.93 bits per heavy atom. The van der Waals surface area contributed by atoms with Crippen molar-refractivity contribution < 1.29 is 5.11 Å². The van der Waals surface area contributed by atoms with E-state index in [9.17, 15) is 5.11 Å². The van der Waals surface area contributed by atoms with E-state index in [1.807, 2.05) is 24.3 Å². The highest BCUT2D eigenvalue weighted by Gasteiger charge is 2.34. The topological polar surface area (TPSA) is 46.2 Å². The Balaban J connectivity index is 2.28. The van der Waals surface area contributed by atoms with Crippen molar-refractivity contribution in [2.45, 2.75) is 37.3 Å². The molecule has 2 rings (SSSR count). The van der Waals surface area contributed by atoms with Crippen LogP contribution in [0.5, 0.6) is 0 Å². The van der Waals surface area contributed by atoms with E-state index in [1.165, 1.54) is 0 Å². The van der Waals surface area contributed by atoms with Gasteiger partial charge in [0.2, 0.25) is 0 Å². The molecule has 2 atom stereocenters. The summed E-state index contributed by atoms with van der Waals surface area (Å²) in [7, 11) is 0. The zero-order valence-corrected chi connectivity index (χ0v) is 9.37. The highest BCUT2D eigenvalue weighted by molar-refractivity contribution is 6.30. The van der Waals surface area contributed by atoms with E-state index in [0.717, 1.165) is 24.8 Å². The second kappa shape index (κ2) is 4.12. The Bertz CT molecular complexity index is 355. The molecule has 0 amide bonds. The second-order valence-corrected chi connectivity index (χ2v) is 4.83. The molecule has 1 aliphatic carbocycles. The van der Waals surface area contributed by atoms with E-state index < -0.39 is 5.60 Å². The summed E-state index contributed by atoms with van der Waals surface area (Å²) in [6.07, 6.45) is 3.39. The Morgan fingerprint density at radius 2 is 2.27 bits per heavy atom. The van der Waals surface area contributed by atoms with Crippen molar-refractivity contribution in [2.75, 3.05) is 0 Å². The molecule has 0 spiro atoms. The molecule has 0 aromatic heterocycles. The van der Waals surface area contributed by atoms with Gasteiger partial charge >= 0.3 is 0 Å². The van der Waals surface area contributed by atoms with Gasteiger partial charge in [0.15, 0.2) is 0 Å². The molecular formula is C12H16ClNO. The minimum atomic E-state index is -0.775. The van der Waals surface area contributed by atoms with E-state index in [-0.39, 0.29) is 6.04 Å². The van der Waals surface area contributed by atoms with Crippen LogP contribution in [0.3, 0.4) is 0 Å². The molecule has 1 fully saturated rings. The normalized spacial score (nSPS) is 31.5. The summed E-state index contributed by atoms with van der Waals surface area (Å²) in [5.41, 5.74) is 6.01. The summed E-state index contributed by atoms with van der Waals surface area (Å²) in [6.45, 7) is 0. The van der Waals surface area contributed by atoms with Crippen LogP contribution < -0.4 is 5.73 Å². The monoisotopic (exact) mass is 225 g/mol. The molecule has 82 valence electrons. The average molecular weight is 226 g/mol.